The zero-order valence-electron chi connectivity index (χ0n) is 17.0. The third-order valence-electron chi connectivity index (χ3n) is 5.11. The lowest BCUT2D eigenvalue weighted by Crippen LogP contribution is -2.50. The second-order valence-electron chi connectivity index (χ2n) is 8.91. The highest BCUT2D eigenvalue weighted by atomic mass is 16.3. The van der Waals surface area contributed by atoms with Crippen LogP contribution in [0.15, 0.2) is 0 Å². The van der Waals surface area contributed by atoms with E-state index < -0.39 is 40.6 Å². The molecule has 1 aliphatic carbocycles. The third-order valence-corrected chi connectivity index (χ3v) is 5.11. The third kappa shape index (κ3) is 4.87. The minimum Gasteiger partial charge on any atom is -0.374 e. The fourth-order valence-corrected chi connectivity index (χ4v) is 3.55. The number of hydrogen-bond donors (Lipinski definition) is 1. The van der Waals surface area contributed by atoms with Crippen LogP contribution < -0.4 is 0 Å². The van der Waals surface area contributed by atoms with Crippen LogP contribution in [0.4, 0.5) is 0 Å². The Balaban J connectivity index is 3.19. The van der Waals surface area contributed by atoms with E-state index in [2.05, 4.69) is 0 Å². The molecule has 1 N–H and O–H groups in total. The van der Waals surface area contributed by atoms with Crippen molar-refractivity contribution in [1.82, 2.24) is 0 Å². The van der Waals surface area contributed by atoms with Gasteiger partial charge >= 0.3 is 0 Å². The molecule has 0 amide bonds. The van der Waals surface area contributed by atoms with E-state index in [1.807, 2.05) is 41.5 Å². The van der Waals surface area contributed by atoms with Gasteiger partial charge in [-0.15, -0.1) is 0 Å². The van der Waals surface area contributed by atoms with Crippen LogP contribution in [0.1, 0.15) is 73.6 Å². The van der Waals surface area contributed by atoms with Crippen LogP contribution in [0.2, 0.25) is 0 Å². The molecule has 1 aliphatic rings. The van der Waals surface area contributed by atoms with Gasteiger partial charge in [-0.1, -0.05) is 48.0 Å². The van der Waals surface area contributed by atoms with Gasteiger partial charge in [0.1, 0.15) is 5.92 Å². The topological polar surface area (TPSA) is 88.5 Å². The summed E-state index contributed by atoms with van der Waals surface area (Å²) in [6, 6.07) is 0. The van der Waals surface area contributed by atoms with Crippen molar-refractivity contribution in [2.24, 2.45) is 29.6 Å². The summed E-state index contributed by atoms with van der Waals surface area (Å²) in [7, 11) is 0. The van der Waals surface area contributed by atoms with E-state index in [9.17, 15) is 24.3 Å². The van der Waals surface area contributed by atoms with Gasteiger partial charge in [0.05, 0.1) is 5.92 Å². The number of ketones is 4. The number of Topliss-reactive ketones (excluding diaryl/α,β-unsaturated/α-hetero) is 4. The predicted molar refractivity (Wildman–Crippen MR) is 99.6 cm³/mol. The zero-order chi connectivity index (χ0) is 20.2. The second kappa shape index (κ2) is 9.03. The molecule has 0 spiro atoms. The lowest BCUT2D eigenvalue weighted by atomic mass is 9.79. The van der Waals surface area contributed by atoms with Crippen molar-refractivity contribution in [2.45, 2.75) is 79.2 Å². The molecule has 2 unspecified atom stereocenters. The van der Waals surface area contributed by atoms with Gasteiger partial charge in [-0.25, -0.2) is 0 Å². The minimum atomic E-state index is -2.34. The van der Waals surface area contributed by atoms with Crippen LogP contribution in [0.3, 0.4) is 0 Å². The molecule has 1 saturated carbocycles. The maximum Gasteiger partial charge on any atom is 0.192 e. The Kier molecular flexibility index (Phi) is 7.87. The highest BCUT2D eigenvalue weighted by molar-refractivity contribution is 6.33. The molecule has 0 aliphatic heterocycles. The number of rotatable bonds is 10. The molecular formula is C21H34O5. The molecule has 5 nitrogen and oxygen atoms in total. The van der Waals surface area contributed by atoms with E-state index in [0.717, 1.165) is 0 Å². The second-order valence-corrected chi connectivity index (χ2v) is 8.91. The molecule has 26 heavy (non-hydrogen) atoms. The molecular weight excluding hydrogens is 332 g/mol. The monoisotopic (exact) mass is 366 g/mol. The Morgan fingerprint density at radius 1 is 0.962 bits per heavy atom. The van der Waals surface area contributed by atoms with Crippen molar-refractivity contribution in [3.05, 3.63) is 0 Å². The quantitative estimate of drug-likeness (QED) is 0.600. The maximum atomic E-state index is 12.9. The molecule has 0 heterocycles. The van der Waals surface area contributed by atoms with Crippen molar-refractivity contribution in [3.8, 4) is 0 Å². The predicted octanol–water partition coefficient (Wildman–Crippen LogP) is 3.16. The van der Waals surface area contributed by atoms with Crippen molar-refractivity contribution < 1.29 is 24.3 Å². The van der Waals surface area contributed by atoms with Crippen LogP contribution in [0.25, 0.3) is 0 Å². The summed E-state index contributed by atoms with van der Waals surface area (Å²) in [5.41, 5.74) is -2.34. The standard InChI is InChI=1S/C21H34O5/c1-12(2)7-9-15-19(24)18(16(22)11-14(5)6)20(25)21(15,26)17(23)10-8-13(3)4/h12-15,18,26H,7-11H2,1-6H3/t15?,18?,21-/m0/s1. The van der Waals surface area contributed by atoms with Crippen molar-refractivity contribution in [3.63, 3.8) is 0 Å². The van der Waals surface area contributed by atoms with Crippen LogP contribution in [-0.2, 0) is 19.2 Å². The number of carbonyl (C=O) groups is 4. The molecule has 0 bridgehead atoms. The van der Waals surface area contributed by atoms with Gasteiger partial charge in [-0.05, 0) is 30.6 Å². The molecule has 5 heteroatoms. The van der Waals surface area contributed by atoms with Crippen molar-refractivity contribution >= 4 is 23.1 Å². The molecule has 0 aromatic heterocycles. The highest BCUT2D eigenvalue weighted by Crippen LogP contribution is 2.40. The van der Waals surface area contributed by atoms with Gasteiger partial charge in [-0.2, -0.15) is 0 Å². The Bertz CT molecular complexity index is 561. The SMILES string of the molecule is CC(C)CCC(=O)[C@]1(O)C(=O)C(C(=O)CC(C)C)C(=O)C1CCC(C)C. The zero-order valence-corrected chi connectivity index (χ0v) is 17.0. The Labute approximate surface area is 156 Å². The number of carbonyl (C=O) groups excluding carboxylic acids is 4. The Morgan fingerprint density at radius 3 is 1.96 bits per heavy atom. The van der Waals surface area contributed by atoms with E-state index >= 15 is 0 Å². The summed E-state index contributed by atoms with van der Waals surface area (Å²) < 4.78 is 0. The van der Waals surface area contributed by atoms with Gasteiger partial charge in [0.2, 0.25) is 0 Å². The molecule has 0 saturated heterocycles. The van der Waals surface area contributed by atoms with E-state index in [0.29, 0.717) is 12.8 Å². The molecule has 0 aromatic carbocycles. The van der Waals surface area contributed by atoms with Gasteiger partial charge in [-0.3, -0.25) is 19.2 Å². The van der Waals surface area contributed by atoms with Crippen LogP contribution in [-0.4, -0.2) is 33.8 Å². The summed E-state index contributed by atoms with van der Waals surface area (Å²) in [5.74, 6) is -4.63. The minimum absolute atomic E-state index is 0.00236. The summed E-state index contributed by atoms with van der Waals surface area (Å²) in [6.45, 7) is 11.5. The van der Waals surface area contributed by atoms with Gasteiger partial charge < -0.3 is 5.11 Å². The first-order valence-corrected chi connectivity index (χ1v) is 9.79. The van der Waals surface area contributed by atoms with E-state index in [1.54, 1.807) is 0 Å². The average molecular weight is 366 g/mol. The molecule has 1 fully saturated rings. The highest BCUT2D eigenvalue weighted by Gasteiger charge is 2.64. The van der Waals surface area contributed by atoms with Crippen molar-refractivity contribution in [2.75, 3.05) is 0 Å². The van der Waals surface area contributed by atoms with Crippen LogP contribution in [0.5, 0.6) is 0 Å². The largest absolute Gasteiger partial charge is 0.374 e. The van der Waals surface area contributed by atoms with E-state index in [4.69, 9.17) is 0 Å². The van der Waals surface area contributed by atoms with E-state index in [-0.39, 0.29) is 37.0 Å². The summed E-state index contributed by atoms with van der Waals surface area (Å²) in [5, 5.41) is 11.1. The Hall–Kier alpha value is -1.36. The molecule has 0 radical (unpaired) electrons. The summed E-state index contributed by atoms with van der Waals surface area (Å²) in [6.07, 6.45) is 1.52. The summed E-state index contributed by atoms with van der Waals surface area (Å²) in [4.78, 5) is 51.0. The van der Waals surface area contributed by atoms with Gasteiger partial charge in [0.25, 0.3) is 0 Å². The van der Waals surface area contributed by atoms with Crippen molar-refractivity contribution in [1.29, 1.82) is 0 Å². The Morgan fingerprint density at radius 2 is 1.50 bits per heavy atom. The fraction of sp³-hybridized carbons (Fsp3) is 0.810. The molecule has 3 atom stereocenters. The summed E-state index contributed by atoms with van der Waals surface area (Å²) >= 11 is 0. The smallest absolute Gasteiger partial charge is 0.192 e. The fourth-order valence-electron chi connectivity index (χ4n) is 3.55. The van der Waals surface area contributed by atoms with Gasteiger partial charge in [0.15, 0.2) is 28.7 Å². The normalized spacial score (nSPS) is 26.4. The van der Waals surface area contributed by atoms with Crippen LogP contribution in [0, 0.1) is 29.6 Å². The molecule has 148 valence electrons. The van der Waals surface area contributed by atoms with E-state index in [1.165, 1.54) is 0 Å². The average Bonchev–Trinajstić information content (AvgIpc) is 2.69. The lowest BCUT2D eigenvalue weighted by Gasteiger charge is -2.26. The number of hydrogen-bond acceptors (Lipinski definition) is 5. The first-order chi connectivity index (χ1) is 11.9. The lowest BCUT2D eigenvalue weighted by molar-refractivity contribution is -0.154. The molecule has 1 rings (SSSR count). The first-order valence-electron chi connectivity index (χ1n) is 9.79. The maximum absolute atomic E-state index is 12.9. The number of aliphatic hydroxyl groups is 1. The van der Waals surface area contributed by atoms with Gasteiger partial charge in [0, 0.05) is 12.8 Å². The first kappa shape index (κ1) is 22.7. The molecule has 0 aromatic rings. The van der Waals surface area contributed by atoms with Crippen LogP contribution >= 0.6 is 0 Å².